The number of alkyl halides is 2. The fourth-order valence-electron chi connectivity index (χ4n) is 1.32. The molecule has 1 rings (SSSR count). The first-order valence-corrected chi connectivity index (χ1v) is 4.86. The number of halogens is 2. The Bertz CT molecular complexity index is 258. The summed E-state index contributed by atoms with van der Waals surface area (Å²) in [4.78, 5) is 0. The minimum Gasteiger partial charge on any atom is -0.354 e. The van der Waals surface area contributed by atoms with E-state index in [4.69, 9.17) is 0 Å². The van der Waals surface area contributed by atoms with Crippen LogP contribution in [-0.2, 0) is 13.1 Å². The van der Waals surface area contributed by atoms with Crippen molar-refractivity contribution < 1.29 is 8.78 Å². The van der Waals surface area contributed by atoms with Crippen molar-refractivity contribution in [2.45, 2.75) is 32.9 Å². The molecule has 0 saturated carbocycles. The van der Waals surface area contributed by atoms with Crippen LogP contribution >= 0.6 is 0 Å². The molecule has 0 atom stereocenters. The molecule has 4 heteroatoms. The minimum absolute atomic E-state index is 0.237. The van der Waals surface area contributed by atoms with Crippen LogP contribution in [0.3, 0.4) is 0 Å². The molecule has 80 valence electrons. The largest absolute Gasteiger partial charge is 0.354 e. The van der Waals surface area contributed by atoms with Crippen LogP contribution in [0.1, 0.15) is 18.9 Å². The molecule has 0 saturated heterocycles. The van der Waals surface area contributed by atoms with Crippen molar-refractivity contribution in [3.63, 3.8) is 0 Å². The molecule has 0 radical (unpaired) electrons. The number of rotatable bonds is 6. The zero-order valence-electron chi connectivity index (χ0n) is 8.34. The Hall–Kier alpha value is -0.900. The van der Waals surface area contributed by atoms with E-state index in [1.807, 2.05) is 18.5 Å². The fourth-order valence-corrected chi connectivity index (χ4v) is 1.32. The molecule has 0 unspecified atom stereocenters. The Morgan fingerprint density at radius 3 is 2.93 bits per heavy atom. The maximum absolute atomic E-state index is 11.8. The standard InChI is InChI=1S/C10H16F2N2/c1-2-4-14-5-3-9(8-14)6-13-7-10(11)12/h3,5,8,10,13H,2,4,6-7H2,1H3. The molecule has 0 aliphatic heterocycles. The Labute approximate surface area is 82.9 Å². The number of hydrogen-bond donors (Lipinski definition) is 1. The smallest absolute Gasteiger partial charge is 0.250 e. The predicted molar refractivity (Wildman–Crippen MR) is 52.4 cm³/mol. The summed E-state index contributed by atoms with van der Waals surface area (Å²) in [5.74, 6) is 0. The molecule has 0 aliphatic carbocycles. The summed E-state index contributed by atoms with van der Waals surface area (Å²) in [5.41, 5.74) is 1.05. The molecule has 0 amide bonds. The van der Waals surface area contributed by atoms with Gasteiger partial charge in [0.05, 0.1) is 6.54 Å². The van der Waals surface area contributed by atoms with E-state index in [1.165, 1.54) is 0 Å². The lowest BCUT2D eigenvalue weighted by Gasteiger charge is -2.01. The number of aromatic nitrogens is 1. The van der Waals surface area contributed by atoms with Gasteiger partial charge in [-0.25, -0.2) is 8.78 Å². The highest BCUT2D eigenvalue weighted by atomic mass is 19.3. The molecular weight excluding hydrogens is 186 g/mol. The summed E-state index contributed by atoms with van der Waals surface area (Å²) in [5, 5.41) is 2.69. The maximum Gasteiger partial charge on any atom is 0.250 e. The Balaban J connectivity index is 2.28. The van der Waals surface area contributed by atoms with Crippen LogP contribution in [-0.4, -0.2) is 17.5 Å². The van der Waals surface area contributed by atoms with Gasteiger partial charge in [0.25, 0.3) is 6.43 Å². The van der Waals surface area contributed by atoms with Crippen molar-refractivity contribution >= 4 is 0 Å². The quantitative estimate of drug-likeness (QED) is 0.748. The SMILES string of the molecule is CCCn1ccc(CNCC(F)F)c1. The molecule has 2 nitrogen and oxygen atoms in total. The van der Waals surface area contributed by atoms with Gasteiger partial charge >= 0.3 is 0 Å². The third-order valence-electron chi connectivity index (χ3n) is 1.92. The second-order valence-corrected chi connectivity index (χ2v) is 3.28. The predicted octanol–water partition coefficient (Wildman–Crippen LogP) is 2.25. The topological polar surface area (TPSA) is 17.0 Å². The highest BCUT2D eigenvalue weighted by molar-refractivity contribution is 5.09. The molecule has 14 heavy (non-hydrogen) atoms. The summed E-state index contributed by atoms with van der Waals surface area (Å²) in [7, 11) is 0. The van der Waals surface area contributed by atoms with Crippen molar-refractivity contribution in [3.05, 3.63) is 24.0 Å². The van der Waals surface area contributed by atoms with Crippen LogP contribution in [0, 0.1) is 0 Å². The van der Waals surface area contributed by atoms with Gasteiger partial charge in [-0.2, -0.15) is 0 Å². The van der Waals surface area contributed by atoms with Crippen molar-refractivity contribution in [1.29, 1.82) is 0 Å². The van der Waals surface area contributed by atoms with Crippen molar-refractivity contribution in [1.82, 2.24) is 9.88 Å². The lowest BCUT2D eigenvalue weighted by molar-refractivity contribution is 0.145. The van der Waals surface area contributed by atoms with Gasteiger partial charge in [-0.05, 0) is 18.1 Å². The van der Waals surface area contributed by atoms with Crippen LogP contribution in [0.5, 0.6) is 0 Å². The van der Waals surface area contributed by atoms with E-state index in [9.17, 15) is 8.78 Å². The van der Waals surface area contributed by atoms with E-state index in [0.29, 0.717) is 6.54 Å². The zero-order chi connectivity index (χ0) is 10.4. The van der Waals surface area contributed by atoms with Gasteiger partial charge in [0.1, 0.15) is 0 Å². The Morgan fingerprint density at radius 2 is 2.29 bits per heavy atom. The summed E-state index contributed by atoms with van der Waals surface area (Å²) >= 11 is 0. The van der Waals surface area contributed by atoms with Crippen molar-refractivity contribution in [2.24, 2.45) is 0 Å². The van der Waals surface area contributed by atoms with Gasteiger partial charge in [0.2, 0.25) is 0 Å². The molecular formula is C10H16F2N2. The Morgan fingerprint density at radius 1 is 1.50 bits per heavy atom. The molecule has 0 bridgehead atoms. The number of nitrogens with one attached hydrogen (secondary N) is 1. The molecule has 1 N–H and O–H groups in total. The van der Waals surface area contributed by atoms with Gasteiger partial charge in [-0.15, -0.1) is 0 Å². The first-order chi connectivity index (χ1) is 6.72. The van der Waals surface area contributed by atoms with Crippen LogP contribution in [0.2, 0.25) is 0 Å². The van der Waals surface area contributed by atoms with E-state index in [0.717, 1.165) is 18.5 Å². The summed E-state index contributed by atoms with van der Waals surface area (Å²) < 4.78 is 25.7. The van der Waals surface area contributed by atoms with E-state index in [-0.39, 0.29) is 6.54 Å². The third kappa shape index (κ3) is 3.87. The van der Waals surface area contributed by atoms with Crippen LogP contribution in [0.4, 0.5) is 8.78 Å². The van der Waals surface area contributed by atoms with E-state index < -0.39 is 6.43 Å². The molecule has 0 aliphatic rings. The van der Waals surface area contributed by atoms with Crippen LogP contribution in [0.15, 0.2) is 18.5 Å². The lowest BCUT2D eigenvalue weighted by atomic mass is 10.3. The monoisotopic (exact) mass is 202 g/mol. The normalized spacial score (nSPS) is 11.1. The molecule has 0 aromatic carbocycles. The summed E-state index contributed by atoms with van der Waals surface area (Å²) in [6, 6.07) is 1.95. The minimum atomic E-state index is -2.27. The zero-order valence-corrected chi connectivity index (χ0v) is 8.34. The van der Waals surface area contributed by atoms with Gasteiger partial charge in [0, 0.05) is 25.5 Å². The highest BCUT2D eigenvalue weighted by Crippen LogP contribution is 2.02. The maximum atomic E-state index is 11.8. The lowest BCUT2D eigenvalue weighted by Crippen LogP contribution is -2.20. The van der Waals surface area contributed by atoms with Crippen molar-refractivity contribution in [3.8, 4) is 0 Å². The molecule has 1 aromatic heterocycles. The van der Waals surface area contributed by atoms with Gasteiger partial charge in [-0.1, -0.05) is 6.92 Å². The Kier molecular flexibility index (Phi) is 4.59. The summed E-state index contributed by atoms with van der Waals surface area (Å²) in [6.45, 7) is 3.36. The highest BCUT2D eigenvalue weighted by Gasteiger charge is 2.01. The average Bonchev–Trinajstić information content (AvgIpc) is 2.53. The second kappa shape index (κ2) is 5.75. The van der Waals surface area contributed by atoms with Gasteiger partial charge in [-0.3, -0.25) is 0 Å². The van der Waals surface area contributed by atoms with E-state index >= 15 is 0 Å². The molecule has 0 spiro atoms. The van der Waals surface area contributed by atoms with Crippen molar-refractivity contribution in [2.75, 3.05) is 6.54 Å². The second-order valence-electron chi connectivity index (χ2n) is 3.28. The third-order valence-corrected chi connectivity index (χ3v) is 1.92. The fraction of sp³-hybridized carbons (Fsp3) is 0.600. The first-order valence-electron chi connectivity index (χ1n) is 4.86. The first kappa shape index (κ1) is 11.2. The number of nitrogens with zero attached hydrogens (tertiary/aromatic N) is 1. The van der Waals surface area contributed by atoms with E-state index in [1.54, 1.807) is 0 Å². The molecule has 1 aromatic rings. The molecule has 1 heterocycles. The van der Waals surface area contributed by atoms with E-state index in [2.05, 4.69) is 16.8 Å². The van der Waals surface area contributed by atoms with Gasteiger partial charge < -0.3 is 9.88 Å². The average molecular weight is 202 g/mol. The number of aryl methyl sites for hydroxylation is 1. The molecule has 0 fully saturated rings. The van der Waals surface area contributed by atoms with Gasteiger partial charge in [0.15, 0.2) is 0 Å². The number of hydrogen-bond acceptors (Lipinski definition) is 1. The van der Waals surface area contributed by atoms with Crippen LogP contribution < -0.4 is 5.32 Å². The van der Waals surface area contributed by atoms with Crippen LogP contribution in [0.25, 0.3) is 0 Å². The summed E-state index contributed by atoms with van der Waals surface area (Å²) in [6.07, 6.45) is 2.77.